The van der Waals surface area contributed by atoms with Crippen LogP contribution in [0.3, 0.4) is 0 Å². The Hall–Kier alpha value is -3.71. The van der Waals surface area contributed by atoms with E-state index in [1.54, 1.807) is 37.5 Å². The second kappa shape index (κ2) is 8.97. The van der Waals surface area contributed by atoms with E-state index < -0.39 is 5.82 Å². The van der Waals surface area contributed by atoms with Crippen LogP contribution in [0.1, 0.15) is 11.1 Å². The molecule has 0 aromatic heterocycles. The van der Waals surface area contributed by atoms with Crippen LogP contribution in [0.15, 0.2) is 78.5 Å². The van der Waals surface area contributed by atoms with Crippen LogP contribution < -0.4 is 19.7 Å². The van der Waals surface area contributed by atoms with Gasteiger partial charge in [-0.25, -0.2) is 4.39 Å². The van der Waals surface area contributed by atoms with Gasteiger partial charge in [0.25, 0.3) is 5.91 Å². The second-order valence-corrected chi connectivity index (χ2v) is 7.14. The molecule has 0 aliphatic carbocycles. The van der Waals surface area contributed by atoms with Crippen molar-refractivity contribution in [2.24, 2.45) is 0 Å². The van der Waals surface area contributed by atoms with Crippen LogP contribution in [0.5, 0.6) is 11.5 Å². The number of hydrogen-bond acceptors (Lipinski definition) is 4. The average Bonchev–Trinajstić information content (AvgIpc) is 3.06. The van der Waals surface area contributed by atoms with Gasteiger partial charge in [0, 0.05) is 5.56 Å². The van der Waals surface area contributed by atoms with Gasteiger partial charge >= 0.3 is 0 Å². The van der Waals surface area contributed by atoms with Gasteiger partial charge in [0.05, 0.1) is 12.8 Å². The number of rotatable bonds is 6. The Kier molecular flexibility index (Phi) is 5.95. The van der Waals surface area contributed by atoms with Gasteiger partial charge in [0.15, 0.2) is 16.7 Å². The van der Waals surface area contributed by atoms with Crippen molar-refractivity contribution >= 4 is 35.0 Å². The topological polar surface area (TPSA) is 50.8 Å². The normalized spacial score (nSPS) is 14.6. The van der Waals surface area contributed by atoms with E-state index in [2.05, 4.69) is 5.32 Å². The number of hydrogen-bond donors (Lipinski definition) is 1. The molecule has 0 spiro atoms. The van der Waals surface area contributed by atoms with E-state index >= 15 is 0 Å². The minimum atomic E-state index is -0.435. The lowest BCUT2D eigenvalue weighted by Crippen LogP contribution is -2.30. The van der Waals surface area contributed by atoms with Crippen LogP contribution in [-0.2, 0) is 11.4 Å². The Morgan fingerprint density at radius 2 is 1.77 bits per heavy atom. The zero-order chi connectivity index (χ0) is 21.8. The van der Waals surface area contributed by atoms with Crippen molar-refractivity contribution in [1.29, 1.82) is 0 Å². The highest BCUT2D eigenvalue weighted by atomic mass is 32.1. The van der Waals surface area contributed by atoms with E-state index in [-0.39, 0.29) is 18.3 Å². The standard InChI is InChI=1S/C24H19FN2O3S/c1-29-21-12-11-16(13-17(21)15-30-22-10-6-5-9-19(22)25)14-20-23(28)27(24(31)26-20)18-7-3-2-4-8-18/h2-14H,15H2,1H3,(H,26,31). The third kappa shape index (κ3) is 4.41. The number of ether oxygens (including phenoxy) is 2. The third-order valence-corrected chi connectivity index (χ3v) is 5.01. The quantitative estimate of drug-likeness (QED) is 0.451. The minimum Gasteiger partial charge on any atom is -0.496 e. The summed E-state index contributed by atoms with van der Waals surface area (Å²) in [4.78, 5) is 14.3. The van der Waals surface area contributed by atoms with Crippen LogP contribution >= 0.6 is 12.2 Å². The summed E-state index contributed by atoms with van der Waals surface area (Å²) in [5, 5.41) is 3.29. The smallest absolute Gasteiger partial charge is 0.281 e. The number of halogens is 1. The van der Waals surface area contributed by atoms with E-state index in [4.69, 9.17) is 21.7 Å². The van der Waals surface area contributed by atoms with E-state index in [9.17, 15) is 9.18 Å². The monoisotopic (exact) mass is 434 g/mol. The molecule has 156 valence electrons. The summed E-state index contributed by atoms with van der Waals surface area (Å²) < 4.78 is 24.9. The number of carbonyl (C=O) groups excluding carboxylic acids is 1. The fourth-order valence-electron chi connectivity index (χ4n) is 3.23. The summed E-state index contributed by atoms with van der Waals surface area (Å²) in [6, 6.07) is 20.8. The van der Waals surface area contributed by atoms with Gasteiger partial charge in [-0.15, -0.1) is 0 Å². The van der Waals surface area contributed by atoms with Crippen molar-refractivity contribution in [1.82, 2.24) is 5.32 Å². The molecule has 7 heteroatoms. The number of anilines is 1. The summed E-state index contributed by atoms with van der Waals surface area (Å²) in [6.07, 6.45) is 1.71. The largest absolute Gasteiger partial charge is 0.496 e. The molecule has 1 saturated heterocycles. The molecular weight excluding hydrogens is 415 g/mol. The van der Waals surface area contributed by atoms with E-state index in [0.29, 0.717) is 27.8 Å². The van der Waals surface area contributed by atoms with Crippen molar-refractivity contribution in [2.45, 2.75) is 6.61 Å². The van der Waals surface area contributed by atoms with Crippen molar-refractivity contribution in [2.75, 3.05) is 12.0 Å². The van der Waals surface area contributed by atoms with Crippen LogP contribution in [-0.4, -0.2) is 18.1 Å². The highest BCUT2D eigenvalue weighted by molar-refractivity contribution is 7.80. The lowest BCUT2D eigenvalue weighted by molar-refractivity contribution is -0.113. The molecule has 3 aromatic carbocycles. The summed E-state index contributed by atoms with van der Waals surface area (Å²) in [5.41, 5.74) is 2.52. The average molecular weight is 434 g/mol. The molecule has 1 fully saturated rings. The Morgan fingerprint density at radius 1 is 1.03 bits per heavy atom. The molecule has 1 aliphatic rings. The first kappa shape index (κ1) is 20.6. The molecule has 0 unspecified atom stereocenters. The Labute approximate surface area is 184 Å². The molecular formula is C24H19FN2O3S. The van der Waals surface area contributed by atoms with Crippen LogP contribution in [0.4, 0.5) is 10.1 Å². The fourth-order valence-corrected chi connectivity index (χ4v) is 3.53. The highest BCUT2D eigenvalue weighted by Gasteiger charge is 2.31. The van der Waals surface area contributed by atoms with Crippen LogP contribution in [0.25, 0.3) is 6.08 Å². The molecule has 0 bridgehead atoms. The van der Waals surface area contributed by atoms with Gasteiger partial charge in [0.1, 0.15) is 18.1 Å². The molecule has 5 nitrogen and oxygen atoms in total. The molecule has 1 amide bonds. The Morgan fingerprint density at radius 3 is 2.52 bits per heavy atom. The SMILES string of the molecule is COc1ccc(C=C2NC(=S)N(c3ccccc3)C2=O)cc1COc1ccccc1F. The number of amides is 1. The zero-order valence-electron chi connectivity index (χ0n) is 16.7. The van der Waals surface area contributed by atoms with Gasteiger partial charge < -0.3 is 14.8 Å². The number of para-hydroxylation sites is 2. The van der Waals surface area contributed by atoms with E-state index in [0.717, 1.165) is 5.56 Å². The van der Waals surface area contributed by atoms with Crippen molar-refractivity contribution in [3.05, 3.63) is 95.4 Å². The molecule has 4 rings (SSSR count). The highest BCUT2D eigenvalue weighted by Crippen LogP contribution is 2.26. The fraction of sp³-hybridized carbons (Fsp3) is 0.0833. The number of thiocarbonyl (C=S) groups is 1. The maximum atomic E-state index is 13.9. The second-order valence-electron chi connectivity index (χ2n) is 6.75. The van der Waals surface area contributed by atoms with Gasteiger partial charge in [0.2, 0.25) is 0 Å². The molecule has 1 N–H and O–H groups in total. The molecule has 31 heavy (non-hydrogen) atoms. The Bertz CT molecular complexity index is 1160. The number of carbonyl (C=O) groups is 1. The molecule has 0 radical (unpaired) electrons. The van der Waals surface area contributed by atoms with Crippen molar-refractivity contribution in [3.63, 3.8) is 0 Å². The minimum absolute atomic E-state index is 0.108. The summed E-state index contributed by atoms with van der Waals surface area (Å²) in [5.74, 6) is 0.0848. The molecule has 0 saturated carbocycles. The van der Waals surface area contributed by atoms with Crippen LogP contribution in [0.2, 0.25) is 0 Å². The Balaban J connectivity index is 1.58. The van der Waals surface area contributed by atoms with Gasteiger partial charge in [-0.1, -0.05) is 36.4 Å². The first-order valence-electron chi connectivity index (χ1n) is 9.53. The third-order valence-electron chi connectivity index (χ3n) is 4.73. The lowest BCUT2D eigenvalue weighted by atomic mass is 10.1. The number of nitrogens with zero attached hydrogens (tertiary/aromatic N) is 1. The number of nitrogens with one attached hydrogen (secondary N) is 1. The molecule has 3 aromatic rings. The molecule has 1 heterocycles. The maximum absolute atomic E-state index is 13.9. The van der Waals surface area contributed by atoms with E-state index in [1.807, 2.05) is 42.5 Å². The van der Waals surface area contributed by atoms with Gasteiger partial charge in [-0.3, -0.25) is 9.69 Å². The first-order valence-corrected chi connectivity index (χ1v) is 9.94. The summed E-state index contributed by atoms with van der Waals surface area (Å²) in [7, 11) is 1.55. The molecule has 1 aliphatic heterocycles. The number of methoxy groups -OCH3 is 1. The summed E-state index contributed by atoms with van der Waals surface area (Å²) in [6.45, 7) is 0.108. The van der Waals surface area contributed by atoms with Crippen LogP contribution in [0, 0.1) is 5.82 Å². The van der Waals surface area contributed by atoms with Crippen molar-refractivity contribution < 1.29 is 18.7 Å². The first-order chi connectivity index (χ1) is 15.1. The van der Waals surface area contributed by atoms with Crippen molar-refractivity contribution in [3.8, 4) is 11.5 Å². The maximum Gasteiger partial charge on any atom is 0.281 e. The predicted octanol–water partition coefficient (Wildman–Crippen LogP) is 4.68. The number of benzene rings is 3. The zero-order valence-corrected chi connectivity index (χ0v) is 17.5. The lowest BCUT2D eigenvalue weighted by Gasteiger charge is -2.13. The van der Waals surface area contributed by atoms with E-state index in [1.165, 1.54) is 11.0 Å². The summed E-state index contributed by atoms with van der Waals surface area (Å²) >= 11 is 5.34. The van der Waals surface area contributed by atoms with Gasteiger partial charge in [-0.05, 0) is 60.3 Å². The molecule has 0 atom stereocenters. The van der Waals surface area contributed by atoms with Gasteiger partial charge in [-0.2, -0.15) is 0 Å². The predicted molar refractivity (Wildman–Crippen MR) is 121 cm³/mol.